The molecule has 0 aromatic heterocycles. The molecule has 0 fully saturated rings. The van der Waals surface area contributed by atoms with Crippen molar-refractivity contribution in [3.63, 3.8) is 0 Å². The van der Waals surface area contributed by atoms with Crippen LogP contribution in [-0.4, -0.2) is 0 Å². The van der Waals surface area contributed by atoms with Gasteiger partial charge in [0.1, 0.15) is 0 Å². The smallest absolute Gasteiger partial charge is 0.0260 e. The molecular formula is C9H18. The zero-order valence-electron chi connectivity index (χ0n) is 7.07. The summed E-state index contributed by atoms with van der Waals surface area (Å²) >= 11 is 0. The second kappa shape index (κ2) is 4.60. The summed E-state index contributed by atoms with van der Waals surface area (Å²) < 4.78 is 0. The SMILES string of the molecule is CC=C(CCC)C(C)C. The van der Waals surface area contributed by atoms with E-state index in [-0.39, 0.29) is 0 Å². The Morgan fingerprint density at radius 3 is 2.11 bits per heavy atom. The Labute approximate surface area is 59.0 Å². The molecule has 0 spiro atoms. The lowest BCUT2D eigenvalue weighted by Gasteiger charge is -2.07. The van der Waals surface area contributed by atoms with E-state index in [4.69, 9.17) is 0 Å². The maximum atomic E-state index is 2.25. The lowest BCUT2D eigenvalue weighted by molar-refractivity contribution is 0.700. The van der Waals surface area contributed by atoms with Gasteiger partial charge in [0.05, 0.1) is 0 Å². The first-order valence-electron chi connectivity index (χ1n) is 3.87. The maximum Gasteiger partial charge on any atom is -0.0260 e. The highest BCUT2D eigenvalue weighted by Crippen LogP contribution is 2.14. The minimum absolute atomic E-state index is 0.745. The molecule has 0 unspecified atom stereocenters. The van der Waals surface area contributed by atoms with Crippen molar-refractivity contribution in [2.24, 2.45) is 5.92 Å². The summed E-state index contributed by atoms with van der Waals surface area (Å²) in [7, 11) is 0. The van der Waals surface area contributed by atoms with Gasteiger partial charge >= 0.3 is 0 Å². The van der Waals surface area contributed by atoms with E-state index in [2.05, 4.69) is 33.8 Å². The van der Waals surface area contributed by atoms with E-state index in [1.165, 1.54) is 12.8 Å². The first kappa shape index (κ1) is 8.74. The molecule has 0 aromatic carbocycles. The lowest BCUT2D eigenvalue weighted by Crippen LogP contribution is -1.92. The molecule has 0 atom stereocenters. The van der Waals surface area contributed by atoms with Crippen molar-refractivity contribution >= 4 is 0 Å². The summed E-state index contributed by atoms with van der Waals surface area (Å²) in [4.78, 5) is 0. The van der Waals surface area contributed by atoms with E-state index in [1.807, 2.05) is 0 Å². The van der Waals surface area contributed by atoms with E-state index >= 15 is 0 Å². The van der Waals surface area contributed by atoms with Crippen LogP contribution in [0.25, 0.3) is 0 Å². The van der Waals surface area contributed by atoms with Crippen molar-refractivity contribution in [2.75, 3.05) is 0 Å². The number of hydrogen-bond acceptors (Lipinski definition) is 0. The molecule has 0 aliphatic rings. The van der Waals surface area contributed by atoms with Crippen molar-refractivity contribution in [3.8, 4) is 0 Å². The zero-order valence-corrected chi connectivity index (χ0v) is 7.07. The van der Waals surface area contributed by atoms with Crippen LogP contribution in [0.1, 0.15) is 40.5 Å². The van der Waals surface area contributed by atoms with Crippen molar-refractivity contribution < 1.29 is 0 Å². The van der Waals surface area contributed by atoms with Gasteiger partial charge in [0.2, 0.25) is 0 Å². The van der Waals surface area contributed by atoms with Gasteiger partial charge < -0.3 is 0 Å². The van der Waals surface area contributed by atoms with Gasteiger partial charge in [-0.25, -0.2) is 0 Å². The van der Waals surface area contributed by atoms with Gasteiger partial charge in [-0.05, 0) is 19.3 Å². The van der Waals surface area contributed by atoms with Crippen LogP contribution in [0, 0.1) is 5.92 Å². The van der Waals surface area contributed by atoms with Crippen molar-refractivity contribution in [1.82, 2.24) is 0 Å². The minimum atomic E-state index is 0.745. The molecule has 0 saturated heterocycles. The normalized spacial score (nSPS) is 12.8. The number of allylic oxidation sites excluding steroid dienone is 2. The summed E-state index contributed by atoms with van der Waals surface area (Å²) in [6.45, 7) is 8.87. The molecule has 0 aliphatic carbocycles. The topological polar surface area (TPSA) is 0 Å². The Bertz CT molecular complexity index is 88.2. The van der Waals surface area contributed by atoms with Crippen LogP contribution in [0.3, 0.4) is 0 Å². The monoisotopic (exact) mass is 126 g/mol. The predicted octanol–water partition coefficient (Wildman–Crippen LogP) is 3.39. The highest BCUT2D eigenvalue weighted by atomic mass is 14.0. The van der Waals surface area contributed by atoms with Gasteiger partial charge in [0.15, 0.2) is 0 Å². The molecule has 0 saturated carbocycles. The maximum absolute atomic E-state index is 2.25. The van der Waals surface area contributed by atoms with Gasteiger partial charge in [0.25, 0.3) is 0 Å². The molecule has 9 heavy (non-hydrogen) atoms. The largest absolute Gasteiger partial charge is 0.0882 e. The van der Waals surface area contributed by atoms with E-state index in [0.29, 0.717) is 0 Å². The Hall–Kier alpha value is -0.260. The second-order valence-corrected chi connectivity index (χ2v) is 2.77. The fraction of sp³-hybridized carbons (Fsp3) is 0.778. The average Bonchev–Trinajstić information content (AvgIpc) is 1.82. The average molecular weight is 126 g/mol. The van der Waals surface area contributed by atoms with E-state index in [1.54, 1.807) is 5.57 Å². The van der Waals surface area contributed by atoms with E-state index in [0.717, 1.165) is 5.92 Å². The molecule has 0 rings (SSSR count). The summed E-state index contributed by atoms with van der Waals surface area (Å²) in [5.74, 6) is 0.745. The van der Waals surface area contributed by atoms with Crippen LogP contribution >= 0.6 is 0 Å². The molecule has 0 nitrogen and oxygen atoms in total. The number of rotatable bonds is 3. The lowest BCUT2D eigenvalue weighted by atomic mass is 9.99. The molecule has 0 heteroatoms. The highest BCUT2D eigenvalue weighted by molar-refractivity contribution is 5.02. The zero-order chi connectivity index (χ0) is 7.28. The first-order chi connectivity index (χ1) is 4.22. The highest BCUT2D eigenvalue weighted by Gasteiger charge is 1.98. The molecule has 0 aromatic rings. The molecular weight excluding hydrogens is 108 g/mol. The fourth-order valence-corrected chi connectivity index (χ4v) is 1.06. The van der Waals surface area contributed by atoms with Gasteiger partial charge in [-0.3, -0.25) is 0 Å². The van der Waals surface area contributed by atoms with Gasteiger partial charge in [0, 0.05) is 0 Å². The van der Waals surface area contributed by atoms with E-state index < -0.39 is 0 Å². The summed E-state index contributed by atoms with van der Waals surface area (Å²) in [5, 5.41) is 0. The standard InChI is InChI=1S/C9H18/c1-5-7-9(6-2)8(3)4/h6,8H,5,7H2,1-4H3. The third-order valence-corrected chi connectivity index (χ3v) is 1.65. The van der Waals surface area contributed by atoms with Gasteiger partial charge in [-0.1, -0.05) is 38.8 Å². The third kappa shape index (κ3) is 3.34. The van der Waals surface area contributed by atoms with Crippen LogP contribution in [0.5, 0.6) is 0 Å². The quantitative estimate of drug-likeness (QED) is 0.508. The van der Waals surface area contributed by atoms with Crippen LogP contribution < -0.4 is 0 Å². The van der Waals surface area contributed by atoms with Gasteiger partial charge in [-0.2, -0.15) is 0 Å². The summed E-state index contributed by atoms with van der Waals surface area (Å²) in [6, 6.07) is 0. The first-order valence-corrected chi connectivity index (χ1v) is 3.87. The van der Waals surface area contributed by atoms with Crippen LogP contribution in [0.15, 0.2) is 11.6 Å². The molecule has 54 valence electrons. The molecule has 0 bridgehead atoms. The third-order valence-electron chi connectivity index (χ3n) is 1.65. The van der Waals surface area contributed by atoms with Crippen LogP contribution in [0.2, 0.25) is 0 Å². The molecule has 0 aliphatic heterocycles. The van der Waals surface area contributed by atoms with Crippen molar-refractivity contribution in [3.05, 3.63) is 11.6 Å². The molecule has 0 radical (unpaired) electrons. The Balaban J connectivity index is 3.70. The van der Waals surface area contributed by atoms with E-state index in [9.17, 15) is 0 Å². The summed E-state index contributed by atoms with van der Waals surface area (Å²) in [6.07, 6.45) is 4.79. The van der Waals surface area contributed by atoms with Crippen molar-refractivity contribution in [1.29, 1.82) is 0 Å². The van der Waals surface area contributed by atoms with Gasteiger partial charge in [-0.15, -0.1) is 0 Å². The van der Waals surface area contributed by atoms with Crippen LogP contribution in [-0.2, 0) is 0 Å². The Kier molecular flexibility index (Phi) is 4.47. The summed E-state index contributed by atoms with van der Waals surface area (Å²) in [5.41, 5.74) is 1.59. The Morgan fingerprint density at radius 1 is 1.44 bits per heavy atom. The molecule has 0 N–H and O–H groups in total. The Morgan fingerprint density at radius 2 is 2.00 bits per heavy atom. The fourth-order valence-electron chi connectivity index (χ4n) is 1.06. The predicted molar refractivity (Wildman–Crippen MR) is 43.5 cm³/mol. The van der Waals surface area contributed by atoms with Crippen molar-refractivity contribution in [2.45, 2.75) is 40.5 Å². The second-order valence-electron chi connectivity index (χ2n) is 2.77. The number of hydrogen-bond donors (Lipinski definition) is 0. The molecule has 0 amide bonds. The minimum Gasteiger partial charge on any atom is -0.0882 e. The molecule has 0 heterocycles. The van der Waals surface area contributed by atoms with Crippen LogP contribution in [0.4, 0.5) is 0 Å².